The highest BCUT2D eigenvalue weighted by atomic mass is 32.1. The molecule has 0 fully saturated rings. The summed E-state index contributed by atoms with van der Waals surface area (Å²) in [6.45, 7) is 0. The number of nitrogens with one attached hydrogen (secondary N) is 1. The van der Waals surface area contributed by atoms with Crippen LogP contribution in [0.5, 0.6) is 0 Å². The Morgan fingerprint density at radius 2 is 2.15 bits per heavy atom. The predicted molar refractivity (Wildman–Crippen MR) is 94.9 cm³/mol. The first-order valence-corrected chi connectivity index (χ1v) is 8.16. The molecule has 0 aliphatic rings. The monoisotopic (exact) mass is 371 g/mol. The number of aromatic nitrogens is 2. The number of rotatable bonds is 6. The summed E-state index contributed by atoms with van der Waals surface area (Å²) in [5.41, 5.74) is 8.59. The molecular formula is C16H13N5O4S. The number of amides is 1. The van der Waals surface area contributed by atoms with Gasteiger partial charge in [-0.05, 0) is 24.3 Å². The first-order chi connectivity index (χ1) is 12.5. The normalized spacial score (nSPS) is 10.9. The Kier molecular flexibility index (Phi) is 5.04. The van der Waals surface area contributed by atoms with Crippen molar-refractivity contribution in [3.63, 3.8) is 0 Å². The van der Waals surface area contributed by atoms with Crippen molar-refractivity contribution in [2.75, 3.05) is 5.73 Å². The van der Waals surface area contributed by atoms with E-state index in [4.69, 9.17) is 15.3 Å². The van der Waals surface area contributed by atoms with Crippen LogP contribution in [0.15, 0.2) is 45.9 Å². The van der Waals surface area contributed by atoms with Gasteiger partial charge in [-0.25, -0.2) is 10.2 Å². The van der Waals surface area contributed by atoms with Gasteiger partial charge in [0.15, 0.2) is 0 Å². The summed E-state index contributed by atoms with van der Waals surface area (Å²) in [5.74, 6) is -0.482. The number of carbonyl (C=O) groups is 2. The number of aromatic carboxylic acids is 1. The number of nitrogens with two attached hydrogens (primary N) is 1. The molecule has 132 valence electrons. The van der Waals surface area contributed by atoms with Crippen LogP contribution in [-0.2, 0) is 11.2 Å². The van der Waals surface area contributed by atoms with Crippen LogP contribution in [0.3, 0.4) is 0 Å². The molecule has 10 heteroatoms. The highest BCUT2D eigenvalue weighted by Gasteiger charge is 2.09. The Morgan fingerprint density at radius 1 is 1.31 bits per heavy atom. The largest absolute Gasteiger partial charge is 0.478 e. The van der Waals surface area contributed by atoms with E-state index in [1.54, 1.807) is 24.3 Å². The van der Waals surface area contributed by atoms with Crippen LogP contribution in [0, 0.1) is 0 Å². The molecular weight excluding hydrogens is 358 g/mol. The molecule has 0 bridgehead atoms. The molecule has 0 saturated carbocycles. The number of anilines is 1. The molecule has 2 aromatic heterocycles. The SMILES string of the molecule is Nc1nnc(CC(=O)N/N=C/c2ccc(-c3cccc(C(=O)O)c3)o2)s1. The lowest BCUT2D eigenvalue weighted by Gasteiger charge is -1.99. The van der Waals surface area contributed by atoms with Crippen LogP contribution in [0.1, 0.15) is 21.1 Å². The van der Waals surface area contributed by atoms with Crippen molar-refractivity contribution in [3.05, 3.63) is 52.7 Å². The molecule has 3 aromatic rings. The Bertz CT molecular complexity index is 978. The number of nitrogen functional groups attached to an aromatic ring is 1. The number of hydrazone groups is 1. The molecule has 0 aliphatic heterocycles. The molecule has 26 heavy (non-hydrogen) atoms. The van der Waals surface area contributed by atoms with Gasteiger partial charge in [0, 0.05) is 5.56 Å². The number of carboxylic acid groups (broad SMARTS) is 1. The van der Waals surface area contributed by atoms with Gasteiger partial charge in [-0.1, -0.05) is 23.5 Å². The summed E-state index contributed by atoms with van der Waals surface area (Å²) < 4.78 is 5.58. The lowest BCUT2D eigenvalue weighted by atomic mass is 10.1. The van der Waals surface area contributed by atoms with E-state index in [0.717, 1.165) is 11.3 Å². The molecule has 0 unspecified atom stereocenters. The number of nitrogens with zero attached hydrogens (tertiary/aromatic N) is 3. The van der Waals surface area contributed by atoms with E-state index in [2.05, 4.69) is 20.7 Å². The molecule has 3 rings (SSSR count). The average Bonchev–Trinajstić information content (AvgIpc) is 3.24. The Labute approximate surface area is 151 Å². The van der Waals surface area contributed by atoms with E-state index in [1.165, 1.54) is 18.3 Å². The van der Waals surface area contributed by atoms with Gasteiger partial charge in [-0.2, -0.15) is 5.10 Å². The fourth-order valence-electron chi connectivity index (χ4n) is 2.07. The summed E-state index contributed by atoms with van der Waals surface area (Å²) in [6, 6.07) is 9.73. The summed E-state index contributed by atoms with van der Waals surface area (Å²) in [6.07, 6.45) is 1.37. The van der Waals surface area contributed by atoms with Crippen molar-refractivity contribution in [1.82, 2.24) is 15.6 Å². The summed E-state index contributed by atoms with van der Waals surface area (Å²) in [4.78, 5) is 22.7. The zero-order valence-corrected chi connectivity index (χ0v) is 14.1. The maximum absolute atomic E-state index is 11.7. The zero-order chi connectivity index (χ0) is 18.5. The summed E-state index contributed by atoms with van der Waals surface area (Å²) in [5, 5.41) is 21.0. The number of carboxylic acids is 1. The van der Waals surface area contributed by atoms with E-state index >= 15 is 0 Å². The topological polar surface area (TPSA) is 144 Å². The minimum absolute atomic E-state index is 0.0254. The number of hydrogen-bond acceptors (Lipinski definition) is 8. The van der Waals surface area contributed by atoms with Crippen molar-refractivity contribution in [3.8, 4) is 11.3 Å². The van der Waals surface area contributed by atoms with E-state index in [1.807, 2.05) is 0 Å². The lowest BCUT2D eigenvalue weighted by molar-refractivity contribution is -0.120. The van der Waals surface area contributed by atoms with Gasteiger partial charge in [0.05, 0.1) is 18.2 Å². The molecule has 1 amide bonds. The van der Waals surface area contributed by atoms with Gasteiger partial charge in [-0.15, -0.1) is 10.2 Å². The predicted octanol–water partition coefficient (Wildman–Crippen LogP) is 1.77. The zero-order valence-electron chi connectivity index (χ0n) is 13.2. The van der Waals surface area contributed by atoms with Gasteiger partial charge in [0.2, 0.25) is 11.0 Å². The third-order valence-electron chi connectivity index (χ3n) is 3.20. The number of furan rings is 1. The molecule has 0 radical (unpaired) electrons. The number of benzene rings is 1. The van der Waals surface area contributed by atoms with Gasteiger partial charge in [0.1, 0.15) is 16.5 Å². The number of carbonyl (C=O) groups excluding carboxylic acids is 1. The van der Waals surface area contributed by atoms with Crippen molar-refractivity contribution < 1.29 is 19.1 Å². The molecule has 1 aromatic carbocycles. The minimum Gasteiger partial charge on any atom is -0.478 e. The maximum atomic E-state index is 11.7. The van der Waals surface area contributed by atoms with E-state index < -0.39 is 5.97 Å². The lowest BCUT2D eigenvalue weighted by Crippen LogP contribution is -2.19. The van der Waals surface area contributed by atoms with Gasteiger partial charge in [-0.3, -0.25) is 4.79 Å². The fraction of sp³-hybridized carbons (Fsp3) is 0.0625. The summed E-state index contributed by atoms with van der Waals surface area (Å²) >= 11 is 1.13. The van der Waals surface area contributed by atoms with Gasteiger partial charge in [0.25, 0.3) is 0 Å². The third kappa shape index (κ3) is 4.30. The average molecular weight is 371 g/mol. The van der Waals surface area contributed by atoms with Crippen LogP contribution in [0.4, 0.5) is 5.13 Å². The van der Waals surface area contributed by atoms with E-state index in [-0.39, 0.29) is 17.9 Å². The van der Waals surface area contributed by atoms with Crippen LogP contribution in [0.2, 0.25) is 0 Å². The first-order valence-electron chi connectivity index (χ1n) is 7.34. The second-order valence-corrected chi connectivity index (χ2v) is 6.19. The van der Waals surface area contributed by atoms with Gasteiger partial charge < -0.3 is 15.3 Å². The standard InChI is InChI=1S/C16H13N5O4S/c17-16-21-20-14(26-16)7-13(22)19-18-8-11-4-5-12(25-11)9-2-1-3-10(6-9)15(23)24/h1-6,8H,7H2,(H2,17,21)(H,19,22)(H,23,24)/b18-8+. The molecule has 0 atom stereocenters. The first kappa shape index (κ1) is 17.3. The van der Waals surface area contributed by atoms with Crippen LogP contribution < -0.4 is 11.2 Å². The van der Waals surface area contributed by atoms with Crippen LogP contribution in [0.25, 0.3) is 11.3 Å². The van der Waals surface area contributed by atoms with Crippen LogP contribution in [-0.4, -0.2) is 33.4 Å². The van der Waals surface area contributed by atoms with Crippen LogP contribution >= 0.6 is 11.3 Å². The fourth-order valence-corrected chi connectivity index (χ4v) is 2.67. The van der Waals surface area contributed by atoms with E-state index in [9.17, 15) is 9.59 Å². The molecule has 0 aliphatic carbocycles. The van der Waals surface area contributed by atoms with E-state index in [0.29, 0.717) is 27.2 Å². The van der Waals surface area contributed by atoms with Gasteiger partial charge >= 0.3 is 5.97 Å². The Balaban J connectivity index is 1.61. The smallest absolute Gasteiger partial charge is 0.335 e. The second kappa shape index (κ2) is 7.57. The quantitative estimate of drug-likeness (QED) is 0.442. The van der Waals surface area contributed by atoms with Crippen molar-refractivity contribution in [2.24, 2.45) is 5.10 Å². The third-order valence-corrected chi connectivity index (χ3v) is 3.95. The molecule has 0 spiro atoms. The van der Waals surface area contributed by atoms with Crippen molar-refractivity contribution in [1.29, 1.82) is 0 Å². The molecule has 0 saturated heterocycles. The highest BCUT2D eigenvalue weighted by Crippen LogP contribution is 2.22. The summed E-state index contributed by atoms with van der Waals surface area (Å²) in [7, 11) is 0. The van der Waals surface area contributed by atoms with Crippen molar-refractivity contribution >= 4 is 34.6 Å². The maximum Gasteiger partial charge on any atom is 0.335 e. The highest BCUT2D eigenvalue weighted by molar-refractivity contribution is 7.15. The molecule has 2 heterocycles. The Morgan fingerprint density at radius 3 is 2.88 bits per heavy atom. The Hall–Kier alpha value is -3.53. The second-order valence-electron chi connectivity index (χ2n) is 5.09. The molecule has 9 nitrogen and oxygen atoms in total. The minimum atomic E-state index is -1.01. The van der Waals surface area contributed by atoms with Crippen molar-refractivity contribution in [2.45, 2.75) is 6.42 Å². The molecule has 4 N–H and O–H groups in total. The number of hydrogen-bond donors (Lipinski definition) is 3.